The van der Waals surface area contributed by atoms with E-state index < -0.39 is 6.04 Å². The van der Waals surface area contributed by atoms with Gasteiger partial charge in [-0.15, -0.1) is 0 Å². The van der Waals surface area contributed by atoms with Gasteiger partial charge in [-0.3, -0.25) is 9.79 Å². The number of anilines is 1. The first kappa shape index (κ1) is 20.0. The molecule has 1 aliphatic heterocycles. The first-order valence-corrected chi connectivity index (χ1v) is 10.4. The summed E-state index contributed by atoms with van der Waals surface area (Å²) in [4.78, 5) is 18.0. The number of para-hydroxylation sites is 1. The Kier molecular flexibility index (Phi) is 5.75. The number of benzodiazepines with no additional fused rings is 1. The number of aryl methyl sites for hydroxylation is 2. The molecule has 1 heterocycles. The summed E-state index contributed by atoms with van der Waals surface area (Å²) in [6.07, 6.45) is 2.38. The van der Waals surface area contributed by atoms with Gasteiger partial charge >= 0.3 is 0 Å². The fourth-order valence-corrected chi connectivity index (χ4v) is 3.92. The van der Waals surface area contributed by atoms with Gasteiger partial charge in [0.15, 0.2) is 0 Å². The van der Waals surface area contributed by atoms with E-state index in [0.29, 0.717) is 12.1 Å². The summed E-state index contributed by atoms with van der Waals surface area (Å²) >= 11 is 0. The Bertz CT molecular complexity index is 1100. The molecule has 1 aliphatic rings. The van der Waals surface area contributed by atoms with Crippen LogP contribution in [0.3, 0.4) is 0 Å². The molecule has 30 heavy (non-hydrogen) atoms. The van der Waals surface area contributed by atoms with E-state index in [4.69, 9.17) is 4.99 Å². The van der Waals surface area contributed by atoms with Gasteiger partial charge in [-0.2, -0.15) is 0 Å². The standard InChI is InChI=1S/C26H25FN2O/c1-3-17-9-10-18(4-2)20(15-17)16-24-26(30)29-23-8-6-5-7-22(23)25(28-24)19-11-13-21(27)14-12-19/h5-15,24H,3-4,16H2,1-2H3,(H,29,30). The van der Waals surface area contributed by atoms with Gasteiger partial charge in [-0.05, 0) is 59.9 Å². The van der Waals surface area contributed by atoms with Crippen molar-refractivity contribution in [3.05, 3.63) is 100 Å². The van der Waals surface area contributed by atoms with Crippen LogP contribution in [0.1, 0.15) is 41.7 Å². The Morgan fingerprint density at radius 2 is 1.70 bits per heavy atom. The lowest BCUT2D eigenvalue weighted by atomic mass is 9.95. The average Bonchev–Trinajstić information content (AvgIpc) is 2.90. The van der Waals surface area contributed by atoms with Gasteiger partial charge in [-0.1, -0.05) is 50.2 Å². The lowest BCUT2D eigenvalue weighted by molar-refractivity contribution is -0.117. The molecule has 0 fully saturated rings. The number of aliphatic imine (C=N–C) groups is 1. The monoisotopic (exact) mass is 400 g/mol. The van der Waals surface area contributed by atoms with Crippen molar-refractivity contribution < 1.29 is 9.18 Å². The number of carbonyl (C=O) groups excluding carboxylic acids is 1. The minimum Gasteiger partial charge on any atom is -0.324 e. The maximum Gasteiger partial charge on any atom is 0.249 e. The number of fused-ring (bicyclic) bond motifs is 1. The molecule has 0 radical (unpaired) electrons. The van der Waals surface area contributed by atoms with E-state index >= 15 is 0 Å². The second kappa shape index (κ2) is 8.62. The number of hydrogen-bond donors (Lipinski definition) is 1. The van der Waals surface area contributed by atoms with E-state index in [9.17, 15) is 9.18 Å². The number of benzene rings is 3. The lowest BCUT2D eigenvalue weighted by Crippen LogP contribution is -2.28. The van der Waals surface area contributed by atoms with E-state index in [1.807, 2.05) is 24.3 Å². The molecule has 0 saturated carbocycles. The average molecular weight is 400 g/mol. The largest absolute Gasteiger partial charge is 0.324 e. The predicted octanol–water partition coefficient (Wildman–Crippen LogP) is 5.35. The molecule has 1 N–H and O–H groups in total. The van der Waals surface area contributed by atoms with Gasteiger partial charge in [0.2, 0.25) is 5.91 Å². The van der Waals surface area contributed by atoms with Gasteiger partial charge in [0.1, 0.15) is 11.9 Å². The summed E-state index contributed by atoms with van der Waals surface area (Å²) in [6, 6.07) is 19.9. The van der Waals surface area contributed by atoms with Crippen LogP contribution in [0.2, 0.25) is 0 Å². The van der Waals surface area contributed by atoms with Crippen LogP contribution in [0.25, 0.3) is 0 Å². The zero-order valence-corrected chi connectivity index (χ0v) is 17.3. The highest BCUT2D eigenvalue weighted by Crippen LogP contribution is 2.26. The van der Waals surface area contributed by atoms with Crippen LogP contribution in [-0.2, 0) is 24.1 Å². The molecule has 3 nitrogen and oxygen atoms in total. The van der Waals surface area contributed by atoms with Crippen molar-refractivity contribution in [1.82, 2.24) is 0 Å². The Labute approximate surface area is 176 Å². The van der Waals surface area contributed by atoms with Crippen LogP contribution in [0.5, 0.6) is 0 Å². The summed E-state index contributed by atoms with van der Waals surface area (Å²) in [6.45, 7) is 4.26. The maximum atomic E-state index is 13.5. The first-order chi connectivity index (χ1) is 14.6. The van der Waals surface area contributed by atoms with Crippen molar-refractivity contribution in [3.63, 3.8) is 0 Å². The van der Waals surface area contributed by atoms with E-state index in [1.54, 1.807) is 12.1 Å². The van der Waals surface area contributed by atoms with Crippen molar-refractivity contribution in [3.8, 4) is 0 Å². The highest BCUT2D eigenvalue weighted by atomic mass is 19.1. The van der Waals surface area contributed by atoms with Crippen LogP contribution in [0.15, 0.2) is 71.7 Å². The van der Waals surface area contributed by atoms with Crippen LogP contribution in [-0.4, -0.2) is 17.7 Å². The Morgan fingerprint density at radius 1 is 0.933 bits per heavy atom. The van der Waals surface area contributed by atoms with Crippen LogP contribution in [0.4, 0.5) is 10.1 Å². The second-order valence-corrected chi connectivity index (χ2v) is 7.55. The SMILES string of the molecule is CCc1ccc(CC)c(CC2N=C(c3ccc(F)cc3)c3ccccc3NC2=O)c1. The molecule has 4 rings (SSSR count). The number of carbonyl (C=O) groups is 1. The topological polar surface area (TPSA) is 41.5 Å². The molecule has 0 bridgehead atoms. The molecule has 0 saturated heterocycles. The van der Waals surface area contributed by atoms with Gasteiger partial charge in [0, 0.05) is 17.5 Å². The third-order valence-corrected chi connectivity index (χ3v) is 5.62. The molecule has 1 unspecified atom stereocenters. The van der Waals surface area contributed by atoms with Gasteiger partial charge in [0.05, 0.1) is 11.4 Å². The van der Waals surface area contributed by atoms with E-state index in [1.165, 1.54) is 23.3 Å². The number of nitrogens with one attached hydrogen (secondary N) is 1. The van der Waals surface area contributed by atoms with Gasteiger partial charge < -0.3 is 5.32 Å². The van der Waals surface area contributed by atoms with Crippen molar-refractivity contribution in [1.29, 1.82) is 0 Å². The molecule has 152 valence electrons. The van der Waals surface area contributed by atoms with Crippen molar-refractivity contribution >= 4 is 17.3 Å². The second-order valence-electron chi connectivity index (χ2n) is 7.55. The summed E-state index contributed by atoms with van der Waals surface area (Å²) in [5, 5.41) is 3.04. The summed E-state index contributed by atoms with van der Waals surface area (Å²) < 4.78 is 13.5. The minimum absolute atomic E-state index is 0.122. The zero-order chi connectivity index (χ0) is 21.1. The zero-order valence-electron chi connectivity index (χ0n) is 17.3. The summed E-state index contributed by atoms with van der Waals surface area (Å²) in [5.41, 5.74) is 6.72. The Hall–Kier alpha value is -3.27. The fraction of sp³-hybridized carbons (Fsp3) is 0.231. The fourth-order valence-electron chi connectivity index (χ4n) is 3.92. The Morgan fingerprint density at radius 3 is 2.43 bits per heavy atom. The molecule has 4 heteroatoms. The van der Waals surface area contributed by atoms with Crippen LogP contribution < -0.4 is 5.32 Å². The normalized spacial score (nSPS) is 15.8. The molecule has 3 aromatic carbocycles. The van der Waals surface area contributed by atoms with Crippen LogP contribution in [0, 0.1) is 5.82 Å². The van der Waals surface area contributed by atoms with E-state index in [2.05, 4.69) is 37.4 Å². The van der Waals surface area contributed by atoms with Gasteiger partial charge in [-0.25, -0.2) is 4.39 Å². The predicted molar refractivity (Wildman–Crippen MR) is 120 cm³/mol. The van der Waals surface area contributed by atoms with Crippen molar-refractivity contribution in [2.45, 2.75) is 39.2 Å². The molecular weight excluding hydrogens is 375 g/mol. The van der Waals surface area contributed by atoms with E-state index in [0.717, 1.165) is 35.2 Å². The highest BCUT2D eigenvalue weighted by Gasteiger charge is 2.26. The molecule has 0 spiro atoms. The molecular formula is C26H25FN2O. The number of rotatable bonds is 5. The third kappa shape index (κ3) is 4.04. The molecule has 0 aliphatic carbocycles. The summed E-state index contributed by atoms with van der Waals surface area (Å²) in [5.74, 6) is -0.417. The van der Waals surface area contributed by atoms with Gasteiger partial charge in [0.25, 0.3) is 0 Å². The smallest absolute Gasteiger partial charge is 0.249 e. The van der Waals surface area contributed by atoms with E-state index in [-0.39, 0.29) is 11.7 Å². The van der Waals surface area contributed by atoms with Crippen molar-refractivity contribution in [2.75, 3.05) is 5.32 Å². The summed E-state index contributed by atoms with van der Waals surface area (Å²) in [7, 11) is 0. The minimum atomic E-state index is -0.560. The molecule has 1 atom stereocenters. The Balaban J connectivity index is 1.80. The third-order valence-electron chi connectivity index (χ3n) is 5.62. The number of amides is 1. The van der Waals surface area contributed by atoms with Crippen molar-refractivity contribution in [2.24, 2.45) is 4.99 Å². The number of nitrogens with zero attached hydrogens (tertiary/aromatic N) is 1. The molecule has 3 aromatic rings. The molecule has 0 aromatic heterocycles. The quantitative estimate of drug-likeness (QED) is 0.616. The number of hydrogen-bond acceptors (Lipinski definition) is 2. The first-order valence-electron chi connectivity index (χ1n) is 10.4. The lowest BCUT2D eigenvalue weighted by Gasteiger charge is -2.15. The van der Waals surface area contributed by atoms with Crippen LogP contribution >= 0.6 is 0 Å². The maximum absolute atomic E-state index is 13.5. The molecule has 1 amide bonds. The number of halogens is 1. The highest BCUT2D eigenvalue weighted by molar-refractivity contribution is 6.19.